The molecule has 0 rings (SSSR count). The van der Waals surface area contributed by atoms with Gasteiger partial charge in [-0.1, -0.05) is 13.8 Å². The Morgan fingerprint density at radius 3 is 1.90 bits per heavy atom. The van der Waals surface area contributed by atoms with Crippen LogP contribution in [0.5, 0.6) is 0 Å². The molecule has 0 unspecified atom stereocenters. The quantitative estimate of drug-likeness (QED) is 0.567. The van der Waals surface area contributed by atoms with E-state index >= 15 is 0 Å². The lowest BCUT2D eigenvalue weighted by atomic mass is 10.4. The van der Waals surface area contributed by atoms with Gasteiger partial charge in [0, 0.05) is 13.1 Å². The van der Waals surface area contributed by atoms with E-state index in [9.17, 15) is 0 Å². The minimum absolute atomic E-state index is 1.04. The second-order valence-electron chi connectivity index (χ2n) is 2.67. The van der Waals surface area contributed by atoms with Gasteiger partial charge < -0.3 is 4.90 Å². The monoisotopic (exact) mass is 143 g/mol. The van der Waals surface area contributed by atoms with Gasteiger partial charge in [-0.15, -0.1) is 0 Å². The molecule has 0 bridgehead atoms. The summed E-state index contributed by atoms with van der Waals surface area (Å²) in [5.41, 5.74) is 0. The van der Waals surface area contributed by atoms with Gasteiger partial charge in [-0.3, -0.25) is 4.90 Å². The van der Waals surface area contributed by atoms with Crippen LogP contribution in [0.3, 0.4) is 0 Å². The van der Waals surface area contributed by atoms with E-state index in [1.165, 1.54) is 0 Å². The Kier molecular flexibility index (Phi) is 5.64. The Bertz CT molecular complexity index is 67.7. The van der Waals surface area contributed by atoms with Crippen LogP contribution < -0.4 is 0 Å². The lowest BCUT2D eigenvalue weighted by Crippen LogP contribution is -2.26. The summed E-state index contributed by atoms with van der Waals surface area (Å²) in [5.74, 6) is 0. The molecule has 1 radical (unpaired) electrons. The van der Waals surface area contributed by atoms with Crippen LogP contribution >= 0.6 is 0 Å². The van der Waals surface area contributed by atoms with E-state index in [0.29, 0.717) is 0 Å². The van der Waals surface area contributed by atoms with Gasteiger partial charge in [0.2, 0.25) is 0 Å². The van der Waals surface area contributed by atoms with Crippen molar-refractivity contribution in [2.45, 2.75) is 13.8 Å². The first-order chi connectivity index (χ1) is 4.70. The molecular weight excluding hydrogens is 124 g/mol. The van der Waals surface area contributed by atoms with Crippen molar-refractivity contribution in [3.8, 4) is 0 Å². The molecule has 0 aliphatic rings. The summed E-state index contributed by atoms with van der Waals surface area (Å²) in [6.07, 6.45) is 0. The molecule has 0 N–H and O–H groups in total. The van der Waals surface area contributed by atoms with E-state index in [-0.39, 0.29) is 0 Å². The normalized spacial score (nSPS) is 11.4. The van der Waals surface area contributed by atoms with Gasteiger partial charge in [0.1, 0.15) is 0 Å². The van der Waals surface area contributed by atoms with Gasteiger partial charge in [0.25, 0.3) is 0 Å². The largest absolute Gasteiger partial charge is 0.308 e. The molecule has 0 aromatic heterocycles. The van der Waals surface area contributed by atoms with Gasteiger partial charge in [0.15, 0.2) is 0 Å². The van der Waals surface area contributed by atoms with Crippen LogP contribution in [0.1, 0.15) is 13.8 Å². The Balaban J connectivity index is 3.26. The molecule has 0 atom stereocenters. The van der Waals surface area contributed by atoms with Crippen molar-refractivity contribution in [3.63, 3.8) is 0 Å². The molecule has 0 saturated heterocycles. The van der Waals surface area contributed by atoms with Gasteiger partial charge in [-0.25, -0.2) is 0 Å². The van der Waals surface area contributed by atoms with Crippen molar-refractivity contribution in [3.05, 3.63) is 6.54 Å². The Morgan fingerprint density at radius 1 is 1.10 bits per heavy atom. The average molecular weight is 143 g/mol. The molecule has 61 valence electrons. The van der Waals surface area contributed by atoms with Crippen LogP contribution in [0.25, 0.3) is 0 Å². The van der Waals surface area contributed by atoms with E-state index in [1.54, 1.807) is 0 Å². The summed E-state index contributed by atoms with van der Waals surface area (Å²) in [6, 6.07) is 0. The van der Waals surface area contributed by atoms with E-state index in [1.807, 2.05) is 0 Å². The zero-order valence-corrected chi connectivity index (χ0v) is 7.59. The fourth-order valence-electron chi connectivity index (χ4n) is 0.761. The molecule has 0 saturated carbocycles. The highest BCUT2D eigenvalue weighted by Gasteiger charge is 1.98. The van der Waals surface area contributed by atoms with Crippen LogP contribution in [0.2, 0.25) is 0 Å². The first-order valence-corrected chi connectivity index (χ1v) is 3.92. The topological polar surface area (TPSA) is 6.48 Å². The summed E-state index contributed by atoms with van der Waals surface area (Å²) in [4.78, 5) is 4.47. The molecular formula is C8H19N2. The van der Waals surface area contributed by atoms with E-state index in [4.69, 9.17) is 0 Å². The standard InChI is InChI=1S/C8H19N2/c1-5-10(6-2)8-7-9(3)4/h8H,5-7H2,1-4H3. The second kappa shape index (κ2) is 5.69. The highest BCUT2D eigenvalue weighted by molar-refractivity contribution is 4.67. The third kappa shape index (κ3) is 4.77. The summed E-state index contributed by atoms with van der Waals surface area (Å²) in [5, 5.41) is 0. The van der Waals surface area contributed by atoms with Crippen molar-refractivity contribution in [2.24, 2.45) is 0 Å². The molecule has 0 fully saturated rings. The van der Waals surface area contributed by atoms with E-state index < -0.39 is 0 Å². The van der Waals surface area contributed by atoms with Gasteiger partial charge in [-0.2, -0.15) is 0 Å². The van der Waals surface area contributed by atoms with Gasteiger partial charge in [0.05, 0.1) is 0 Å². The summed E-state index contributed by atoms with van der Waals surface area (Å²) in [7, 11) is 4.17. The number of hydrogen-bond donors (Lipinski definition) is 0. The molecule has 0 aromatic rings. The molecule has 0 amide bonds. The summed E-state index contributed by atoms with van der Waals surface area (Å²) >= 11 is 0. The SMILES string of the molecule is CCN([CH]CN(C)C)CC. The second-order valence-corrected chi connectivity index (χ2v) is 2.67. The molecule has 2 nitrogen and oxygen atoms in total. The van der Waals surface area contributed by atoms with Crippen molar-refractivity contribution < 1.29 is 0 Å². The molecule has 0 spiro atoms. The average Bonchev–Trinajstić information content (AvgIpc) is 1.90. The lowest BCUT2D eigenvalue weighted by Gasteiger charge is -2.19. The third-order valence-electron chi connectivity index (χ3n) is 1.52. The maximum Gasteiger partial charge on any atom is 0.0390 e. The predicted molar refractivity (Wildman–Crippen MR) is 45.8 cm³/mol. The van der Waals surface area contributed by atoms with Crippen LogP contribution in [0.15, 0.2) is 0 Å². The summed E-state index contributed by atoms with van der Waals surface area (Å²) in [6.45, 7) is 9.86. The fraction of sp³-hybridized carbons (Fsp3) is 0.875. The van der Waals surface area contributed by atoms with E-state index in [2.05, 4.69) is 44.3 Å². The van der Waals surface area contributed by atoms with Gasteiger partial charge >= 0.3 is 0 Å². The maximum atomic E-state index is 2.31. The summed E-state index contributed by atoms with van der Waals surface area (Å²) < 4.78 is 0. The van der Waals surface area contributed by atoms with E-state index in [0.717, 1.165) is 19.6 Å². The lowest BCUT2D eigenvalue weighted by molar-refractivity contribution is 0.316. The van der Waals surface area contributed by atoms with Crippen LogP contribution in [0.4, 0.5) is 0 Å². The van der Waals surface area contributed by atoms with Crippen molar-refractivity contribution >= 4 is 0 Å². The predicted octanol–water partition coefficient (Wildman–Crippen LogP) is 1.05. The number of nitrogens with zero attached hydrogens (tertiary/aromatic N) is 2. The number of rotatable bonds is 5. The molecule has 0 heterocycles. The minimum atomic E-state index is 1.04. The molecule has 2 heteroatoms. The molecule has 10 heavy (non-hydrogen) atoms. The fourth-order valence-corrected chi connectivity index (χ4v) is 0.761. The Hall–Kier alpha value is -0.0800. The highest BCUT2D eigenvalue weighted by Crippen LogP contribution is 1.91. The molecule has 0 aromatic carbocycles. The Labute approximate surface area is 64.8 Å². The van der Waals surface area contributed by atoms with Crippen molar-refractivity contribution in [1.29, 1.82) is 0 Å². The molecule has 0 aliphatic heterocycles. The van der Waals surface area contributed by atoms with Crippen molar-refractivity contribution in [2.75, 3.05) is 33.7 Å². The minimum Gasteiger partial charge on any atom is -0.308 e. The van der Waals surface area contributed by atoms with Crippen molar-refractivity contribution in [1.82, 2.24) is 9.80 Å². The number of hydrogen-bond acceptors (Lipinski definition) is 2. The third-order valence-corrected chi connectivity index (χ3v) is 1.52. The zero-order valence-electron chi connectivity index (χ0n) is 7.59. The highest BCUT2D eigenvalue weighted by atomic mass is 15.2. The smallest absolute Gasteiger partial charge is 0.0390 e. The first-order valence-electron chi connectivity index (χ1n) is 3.92. The van der Waals surface area contributed by atoms with Crippen LogP contribution in [0, 0.1) is 6.54 Å². The zero-order chi connectivity index (χ0) is 7.98. The van der Waals surface area contributed by atoms with Crippen LogP contribution in [-0.2, 0) is 0 Å². The number of likely N-dealkylation sites (N-methyl/N-ethyl adjacent to an activating group) is 2. The maximum absolute atomic E-state index is 2.31. The van der Waals surface area contributed by atoms with Crippen LogP contribution in [-0.4, -0.2) is 43.5 Å². The Morgan fingerprint density at radius 2 is 1.60 bits per heavy atom. The first kappa shape index (κ1) is 9.92. The van der Waals surface area contributed by atoms with Gasteiger partial charge in [-0.05, 0) is 27.2 Å². The molecule has 0 aliphatic carbocycles.